The average Bonchev–Trinajstić information content (AvgIpc) is 3.04. The third kappa shape index (κ3) is 3.07. The molecule has 0 aliphatic heterocycles. The van der Waals surface area contributed by atoms with Crippen molar-refractivity contribution in [2.24, 2.45) is 0 Å². The van der Waals surface area contributed by atoms with Crippen molar-refractivity contribution in [1.82, 2.24) is 0 Å². The van der Waals surface area contributed by atoms with Gasteiger partial charge in [0, 0.05) is 10.8 Å². The maximum absolute atomic E-state index is 12.1. The zero-order valence-corrected chi connectivity index (χ0v) is 14.1. The van der Waals surface area contributed by atoms with Gasteiger partial charge in [0.25, 0.3) is 0 Å². The lowest BCUT2D eigenvalue weighted by atomic mass is 10.1. The second-order valence-corrected chi connectivity index (χ2v) is 5.67. The molecule has 0 saturated heterocycles. The van der Waals surface area contributed by atoms with Gasteiger partial charge in [-0.15, -0.1) is 0 Å². The SMILES string of the molecule is COc1ccccc1OCC(=O)Oc1ccc2oc3ccccc3c2c1. The van der Waals surface area contributed by atoms with Gasteiger partial charge >= 0.3 is 5.97 Å². The number of ether oxygens (including phenoxy) is 3. The average molecular weight is 348 g/mol. The van der Waals surface area contributed by atoms with Gasteiger partial charge in [-0.2, -0.15) is 0 Å². The molecule has 130 valence electrons. The molecule has 0 radical (unpaired) electrons. The number of furan rings is 1. The van der Waals surface area contributed by atoms with Crippen LogP contribution in [0.3, 0.4) is 0 Å². The molecule has 4 rings (SSSR count). The van der Waals surface area contributed by atoms with Crippen LogP contribution >= 0.6 is 0 Å². The Morgan fingerprint density at radius 3 is 2.46 bits per heavy atom. The summed E-state index contributed by atoms with van der Waals surface area (Å²) in [5.41, 5.74) is 1.54. The first-order valence-electron chi connectivity index (χ1n) is 8.12. The van der Waals surface area contributed by atoms with E-state index < -0.39 is 5.97 Å². The number of fused-ring (bicyclic) bond motifs is 3. The van der Waals surface area contributed by atoms with Crippen LogP contribution in [-0.4, -0.2) is 19.7 Å². The number of rotatable bonds is 5. The van der Waals surface area contributed by atoms with Crippen LogP contribution in [0.4, 0.5) is 0 Å². The minimum atomic E-state index is -0.497. The molecule has 0 fully saturated rings. The lowest BCUT2D eigenvalue weighted by Crippen LogP contribution is -2.17. The maximum atomic E-state index is 12.1. The molecular weight excluding hydrogens is 332 g/mol. The first kappa shape index (κ1) is 16.0. The van der Waals surface area contributed by atoms with Crippen molar-refractivity contribution >= 4 is 27.9 Å². The number of hydrogen-bond donors (Lipinski definition) is 0. The van der Waals surface area contributed by atoms with E-state index >= 15 is 0 Å². The maximum Gasteiger partial charge on any atom is 0.349 e. The molecule has 3 aromatic carbocycles. The van der Waals surface area contributed by atoms with Crippen molar-refractivity contribution < 1.29 is 23.4 Å². The molecule has 0 bridgehead atoms. The minimum absolute atomic E-state index is 0.218. The van der Waals surface area contributed by atoms with Crippen molar-refractivity contribution in [1.29, 1.82) is 0 Å². The fourth-order valence-electron chi connectivity index (χ4n) is 2.80. The summed E-state index contributed by atoms with van der Waals surface area (Å²) in [4.78, 5) is 12.1. The Morgan fingerprint density at radius 2 is 1.62 bits per heavy atom. The van der Waals surface area contributed by atoms with Crippen LogP contribution in [-0.2, 0) is 4.79 Å². The van der Waals surface area contributed by atoms with Crippen molar-refractivity contribution in [2.45, 2.75) is 0 Å². The quantitative estimate of drug-likeness (QED) is 0.390. The van der Waals surface area contributed by atoms with Crippen molar-refractivity contribution in [3.8, 4) is 17.2 Å². The Bertz CT molecular complexity index is 1080. The fourth-order valence-corrected chi connectivity index (χ4v) is 2.80. The van der Waals surface area contributed by atoms with E-state index in [9.17, 15) is 4.79 Å². The van der Waals surface area contributed by atoms with Gasteiger partial charge in [0.15, 0.2) is 18.1 Å². The highest BCUT2D eigenvalue weighted by Gasteiger charge is 2.12. The molecule has 1 aromatic heterocycles. The molecule has 0 spiro atoms. The van der Waals surface area contributed by atoms with Crippen molar-refractivity contribution in [2.75, 3.05) is 13.7 Å². The monoisotopic (exact) mass is 348 g/mol. The summed E-state index contributed by atoms with van der Waals surface area (Å²) in [5, 5.41) is 1.88. The van der Waals surface area contributed by atoms with E-state index in [0.29, 0.717) is 17.2 Å². The number of carbonyl (C=O) groups excluding carboxylic acids is 1. The Kier molecular flexibility index (Phi) is 4.19. The second-order valence-electron chi connectivity index (χ2n) is 5.67. The third-order valence-electron chi connectivity index (χ3n) is 3.99. The summed E-state index contributed by atoms with van der Waals surface area (Å²) in [7, 11) is 1.55. The summed E-state index contributed by atoms with van der Waals surface area (Å²) < 4.78 is 21.8. The molecule has 0 N–H and O–H groups in total. The first-order chi connectivity index (χ1) is 12.7. The largest absolute Gasteiger partial charge is 0.493 e. The molecule has 4 aromatic rings. The Hall–Kier alpha value is -3.47. The topological polar surface area (TPSA) is 57.9 Å². The van der Waals surface area contributed by atoms with Gasteiger partial charge < -0.3 is 18.6 Å². The predicted octanol–water partition coefficient (Wildman–Crippen LogP) is 4.58. The normalized spacial score (nSPS) is 10.8. The number of hydrogen-bond acceptors (Lipinski definition) is 5. The summed E-state index contributed by atoms with van der Waals surface area (Å²) in [6, 6.07) is 20.1. The lowest BCUT2D eigenvalue weighted by Gasteiger charge is -2.10. The van der Waals surface area contributed by atoms with Crippen molar-refractivity contribution in [3.63, 3.8) is 0 Å². The standard InChI is InChI=1S/C21H16O5/c1-23-19-8-4-5-9-20(19)24-13-21(22)25-14-10-11-18-16(12-14)15-6-2-3-7-17(15)26-18/h2-12H,13H2,1H3. The smallest absolute Gasteiger partial charge is 0.349 e. The summed E-state index contributed by atoms with van der Waals surface area (Å²) >= 11 is 0. The van der Waals surface area contributed by atoms with Crippen LogP contribution in [0.5, 0.6) is 17.2 Å². The van der Waals surface area contributed by atoms with E-state index in [1.807, 2.05) is 30.3 Å². The van der Waals surface area contributed by atoms with E-state index in [4.69, 9.17) is 18.6 Å². The van der Waals surface area contributed by atoms with Gasteiger partial charge in [-0.3, -0.25) is 0 Å². The van der Waals surface area contributed by atoms with Gasteiger partial charge in [0.05, 0.1) is 7.11 Å². The van der Waals surface area contributed by atoms with E-state index in [2.05, 4.69) is 0 Å². The van der Waals surface area contributed by atoms with Crippen LogP contribution in [0.1, 0.15) is 0 Å². The first-order valence-corrected chi connectivity index (χ1v) is 8.12. The molecule has 26 heavy (non-hydrogen) atoms. The summed E-state index contributed by atoms with van der Waals surface area (Å²) in [5.74, 6) is 0.996. The number of benzene rings is 3. The summed E-state index contributed by atoms with van der Waals surface area (Å²) in [6.07, 6.45) is 0. The van der Waals surface area contributed by atoms with Crippen LogP contribution in [0.15, 0.2) is 71.1 Å². The van der Waals surface area contributed by atoms with Crippen LogP contribution < -0.4 is 14.2 Å². The van der Waals surface area contributed by atoms with Crippen LogP contribution in [0.25, 0.3) is 21.9 Å². The molecule has 1 heterocycles. The van der Waals surface area contributed by atoms with Crippen LogP contribution in [0, 0.1) is 0 Å². The highest BCUT2D eigenvalue weighted by molar-refractivity contribution is 6.05. The van der Waals surface area contributed by atoms with E-state index in [1.165, 1.54) is 0 Å². The van der Waals surface area contributed by atoms with Gasteiger partial charge in [0.1, 0.15) is 16.9 Å². The van der Waals surface area contributed by atoms with Gasteiger partial charge in [-0.1, -0.05) is 30.3 Å². The molecule has 0 saturated carbocycles. The van der Waals surface area contributed by atoms with Crippen molar-refractivity contribution in [3.05, 3.63) is 66.7 Å². The van der Waals surface area contributed by atoms with Gasteiger partial charge in [-0.05, 0) is 36.4 Å². The number of esters is 1. The Morgan fingerprint density at radius 1 is 0.885 bits per heavy atom. The van der Waals surface area contributed by atoms with Gasteiger partial charge in [0.2, 0.25) is 0 Å². The van der Waals surface area contributed by atoms with Crippen LogP contribution in [0.2, 0.25) is 0 Å². The highest BCUT2D eigenvalue weighted by atomic mass is 16.6. The zero-order chi connectivity index (χ0) is 17.9. The Balaban J connectivity index is 1.49. The number of methoxy groups -OCH3 is 1. The molecule has 0 amide bonds. The molecule has 0 aliphatic carbocycles. The molecule has 5 heteroatoms. The molecular formula is C21H16O5. The second kappa shape index (κ2) is 6.80. The minimum Gasteiger partial charge on any atom is -0.493 e. The van der Waals surface area contributed by atoms with Gasteiger partial charge in [-0.25, -0.2) is 4.79 Å². The molecule has 0 aliphatic rings. The zero-order valence-electron chi connectivity index (χ0n) is 14.1. The predicted molar refractivity (Wildman–Crippen MR) is 97.8 cm³/mol. The molecule has 0 atom stereocenters. The van der Waals surface area contributed by atoms with E-state index in [1.54, 1.807) is 43.5 Å². The highest BCUT2D eigenvalue weighted by Crippen LogP contribution is 2.31. The molecule has 0 unspecified atom stereocenters. The van der Waals surface area contributed by atoms with E-state index in [0.717, 1.165) is 21.9 Å². The fraction of sp³-hybridized carbons (Fsp3) is 0.0952. The number of carbonyl (C=O) groups is 1. The van der Waals surface area contributed by atoms with E-state index in [-0.39, 0.29) is 6.61 Å². The summed E-state index contributed by atoms with van der Waals surface area (Å²) in [6.45, 7) is -0.218. The third-order valence-corrected chi connectivity index (χ3v) is 3.99. The lowest BCUT2D eigenvalue weighted by molar-refractivity contribution is -0.136. The molecule has 5 nitrogen and oxygen atoms in total. The number of para-hydroxylation sites is 3. The Labute approximate surface area is 149 Å².